The van der Waals surface area contributed by atoms with Gasteiger partial charge in [0.1, 0.15) is 0 Å². The number of halogens is 3. The van der Waals surface area contributed by atoms with Crippen LogP contribution in [0.1, 0.15) is 36.3 Å². The Hall–Kier alpha value is -1.94. The fraction of sp³-hybridized carbons (Fsp3) is 0.348. The van der Waals surface area contributed by atoms with Gasteiger partial charge in [0.2, 0.25) is 0 Å². The number of nitrogens with zero attached hydrogens (tertiary/aromatic N) is 2. The number of anilines is 1. The summed E-state index contributed by atoms with van der Waals surface area (Å²) in [5.41, 5.74) is 2.94. The molecule has 186 valence electrons. The fourth-order valence-electron chi connectivity index (χ4n) is 2.81. The molecule has 0 radical (unpaired) electrons. The van der Waals surface area contributed by atoms with Gasteiger partial charge in [0.25, 0.3) is 0 Å². The van der Waals surface area contributed by atoms with Crippen LogP contribution in [0.2, 0.25) is 5.02 Å². The second kappa shape index (κ2) is 13.8. The lowest BCUT2D eigenvalue weighted by molar-refractivity contribution is 0.0797. The van der Waals surface area contributed by atoms with Crippen molar-refractivity contribution in [3.63, 3.8) is 0 Å². The zero-order valence-electron chi connectivity index (χ0n) is 19.1. The third-order valence-corrected chi connectivity index (χ3v) is 6.13. The largest absolute Gasteiger partial charge is 0.394 e. The number of thiazole rings is 1. The van der Waals surface area contributed by atoms with E-state index in [9.17, 15) is 4.79 Å². The molecule has 0 bridgehead atoms. The minimum absolute atomic E-state index is 0. The van der Waals surface area contributed by atoms with Crippen molar-refractivity contribution in [3.8, 4) is 11.3 Å². The molecule has 3 aromatic rings. The summed E-state index contributed by atoms with van der Waals surface area (Å²) < 4.78 is 5.23. The summed E-state index contributed by atoms with van der Waals surface area (Å²) in [5, 5.41) is 16.1. The van der Waals surface area contributed by atoms with E-state index in [1.165, 1.54) is 0 Å². The Bertz CT molecular complexity index is 1060. The van der Waals surface area contributed by atoms with Crippen LogP contribution in [0.5, 0.6) is 0 Å². The minimum atomic E-state index is -0.334. The van der Waals surface area contributed by atoms with E-state index in [0.717, 1.165) is 26.8 Å². The number of pyridine rings is 1. The van der Waals surface area contributed by atoms with Gasteiger partial charge in [0.15, 0.2) is 0 Å². The van der Waals surface area contributed by atoms with Crippen LogP contribution in [0.15, 0.2) is 42.6 Å². The normalized spacial score (nSPS) is 10.7. The maximum absolute atomic E-state index is 12.4. The molecular weight excluding hydrogens is 519 g/mol. The number of carbonyl (C=O) groups is 1. The average molecular weight is 548 g/mol. The molecule has 0 aliphatic carbocycles. The lowest BCUT2D eigenvalue weighted by Gasteiger charge is -2.13. The maximum Gasteiger partial charge on any atom is 0.319 e. The highest BCUT2D eigenvalue weighted by molar-refractivity contribution is 7.12. The van der Waals surface area contributed by atoms with E-state index in [-0.39, 0.29) is 49.5 Å². The monoisotopic (exact) mass is 546 g/mol. The number of aromatic nitrogens is 2. The van der Waals surface area contributed by atoms with E-state index in [4.69, 9.17) is 26.4 Å². The third-order valence-electron chi connectivity index (χ3n) is 4.41. The summed E-state index contributed by atoms with van der Waals surface area (Å²) in [4.78, 5) is 22.5. The number of carbonyl (C=O) groups excluding carboxylic acids is 1. The number of hydrogen-bond acceptors (Lipinski definition) is 6. The number of amides is 2. The Morgan fingerprint density at radius 3 is 2.59 bits per heavy atom. The zero-order chi connectivity index (χ0) is 23.1. The van der Waals surface area contributed by atoms with E-state index in [1.54, 1.807) is 29.7 Å². The summed E-state index contributed by atoms with van der Waals surface area (Å²) in [5.74, 6) is 0. The molecule has 11 heteroatoms. The van der Waals surface area contributed by atoms with Crippen molar-refractivity contribution in [1.82, 2.24) is 15.3 Å². The van der Waals surface area contributed by atoms with Crippen molar-refractivity contribution in [1.29, 1.82) is 0 Å². The van der Waals surface area contributed by atoms with Crippen LogP contribution < -0.4 is 10.6 Å². The number of nitrogens with one attached hydrogen (secondary N) is 2. The van der Waals surface area contributed by atoms with Gasteiger partial charge in [-0.05, 0) is 24.3 Å². The molecule has 1 aromatic carbocycles. The predicted molar refractivity (Wildman–Crippen MR) is 143 cm³/mol. The molecule has 0 spiro atoms. The van der Waals surface area contributed by atoms with Crippen molar-refractivity contribution in [2.24, 2.45) is 0 Å². The Labute approximate surface area is 221 Å². The van der Waals surface area contributed by atoms with Crippen molar-refractivity contribution >= 4 is 59.5 Å². The van der Waals surface area contributed by atoms with E-state index in [0.29, 0.717) is 23.9 Å². The molecule has 0 saturated carbocycles. The van der Waals surface area contributed by atoms with Gasteiger partial charge in [-0.25, -0.2) is 9.78 Å². The Balaban J connectivity index is 0.00000289. The van der Waals surface area contributed by atoms with Crippen LogP contribution in [0.25, 0.3) is 11.3 Å². The van der Waals surface area contributed by atoms with Gasteiger partial charge >= 0.3 is 6.03 Å². The second-order valence-electron chi connectivity index (χ2n) is 8.17. The Kier molecular flexibility index (Phi) is 12.2. The van der Waals surface area contributed by atoms with Crippen molar-refractivity contribution < 1.29 is 14.6 Å². The molecule has 2 amide bonds. The number of aliphatic hydroxyl groups excluding tert-OH is 1. The summed E-state index contributed by atoms with van der Waals surface area (Å²) >= 11 is 7.77. The van der Waals surface area contributed by atoms with Crippen LogP contribution >= 0.6 is 47.8 Å². The molecule has 2 aromatic heterocycles. The zero-order valence-corrected chi connectivity index (χ0v) is 22.3. The van der Waals surface area contributed by atoms with Gasteiger partial charge in [-0.2, -0.15) is 0 Å². The molecular formula is C23H29Cl3N4O3S. The first-order chi connectivity index (χ1) is 15.3. The Morgan fingerprint density at radius 1 is 1.21 bits per heavy atom. The molecule has 3 N–H and O–H groups in total. The molecule has 0 unspecified atom stereocenters. The molecule has 0 fully saturated rings. The van der Waals surface area contributed by atoms with Crippen LogP contribution in [-0.2, 0) is 23.3 Å². The molecule has 0 aliphatic heterocycles. The lowest BCUT2D eigenvalue weighted by Crippen LogP contribution is -2.28. The summed E-state index contributed by atoms with van der Waals surface area (Å²) in [6, 6.07) is 10.8. The number of benzene rings is 1. The molecule has 7 nitrogen and oxygen atoms in total. The first kappa shape index (κ1) is 30.1. The average Bonchev–Trinajstić information content (AvgIpc) is 3.19. The van der Waals surface area contributed by atoms with E-state index in [1.807, 2.05) is 24.3 Å². The summed E-state index contributed by atoms with van der Waals surface area (Å²) in [6.07, 6.45) is 1.57. The number of ether oxygens (including phenoxy) is 1. The van der Waals surface area contributed by atoms with Crippen molar-refractivity contribution in [3.05, 3.63) is 63.2 Å². The maximum atomic E-state index is 12.4. The highest BCUT2D eigenvalue weighted by atomic mass is 35.5. The van der Waals surface area contributed by atoms with Gasteiger partial charge < -0.3 is 20.5 Å². The third kappa shape index (κ3) is 8.69. The number of urea groups is 1. The minimum Gasteiger partial charge on any atom is -0.394 e. The molecule has 3 rings (SSSR count). The van der Waals surface area contributed by atoms with Gasteiger partial charge in [-0.1, -0.05) is 44.5 Å². The SMILES string of the molecule is CC(C)(C)c1nc(-c2cccc(Cl)c2)c(CNC(=O)Nc2ccc(COCCO)nc2)s1.Cl.Cl. The molecule has 2 heterocycles. The molecule has 0 saturated heterocycles. The van der Waals surface area contributed by atoms with Crippen molar-refractivity contribution in [2.45, 2.75) is 39.3 Å². The smallest absolute Gasteiger partial charge is 0.319 e. The van der Waals surface area contributed by atoms with Crippen molar-refractivity contribution in [2.75, 3.05) is 18.5 Å². The van der Waals surface area contributed by atoms with Gasteiger partial charge in [0.05, 0.1) is 59.5 Å². The van der Waals surface area contributed by atoms with Crippen LogP contribution in [-0.4, -0.2) is 34.3 Å². The summed E-state index contributed by atoms with van der Waals surface area (Å²) in [6.45, 7) is 7.21. The summed E-state index contributed by atoms with van der Waals surface area (Å²) in [7, 11) is 0. The van der Waals surface area contributed by atoms with Crippen LogP contribution in [0, 0.1) is 0 Å². The van der Waals surface area contributed by atoms with E-state index in [2.05, 4.69) is 36.4 Å². The molecule has 34 heavy (non-hydrogen) atoms. The Morgan fingerprint density at radius 2 is 1.97 bits per heavy atom. The number of aliphatic hydroxyl groups is 1. The topological polar surface area (TPSA) is 96.4 Å². The molecule has 0 aliphatic rings. The lowest BCUT2D eigenvalue weighted by atomic mass is 9.98. The van der Waals surface area contributed by atoms with Gasteiger partial charge in [-0.3, -0.25) is 4.98 Å². The highest BCUT2D eigenvalue weighted by Gasteiger charge is 2.22. The molecule has 0 atom stereocenters. The standard InChI is InChI=1S/C23H27ClN4O3S.2ClH/c1-23(2,3)21-28-20(15-5-4-6-16(24)11-15)19(32-21)13-26-22(30)27-17-7-8-18(25-12-17)14-31-10-9-29;;/h4-8,11-12,29H,9-10,13-14H2,1-3H3,(H2,26,27,30);2*1H. The highest BCUT2D eigenvalue weighted by Crippen LogP contribution is 2.35. The van der Waals surface area contributed by atoms with Gasteiger partial charge in [0, 0.05) is 16.0 Å². The second-order valence-corrected chi connectivity index (χ2v) is 9.69. The predicted octanol–water partition coefficient (Wildman–Crippen LogP) is 5.83. The van der Waals surface area contributed by atoms with E-state index < -0.39 is 0 Å². The van der Waals surface area contributed by atoms with Crippen LogP contribution in [0.4, 0.5) is 10.5 Å². The first-order valence-corrected chi connectivity index (χ1v) is 11.4. The fourth-order valence-corrected chi connectivity index (χ4v) is 4.09. The van der Waals surface area contributed by atoms with E-state index >= 15 is 0 Å². The quantitative estimate of drug-likeness (QED) is 0.308. The first-order valence-electron chi connectivity index (χ1n) is 10.2. The number of rotatable bonds is 8. The number of hydrogen-bond donors (Lipinski definition) is 3. The van der Waals surface area contributed by atoms with Crippen LogP contribution in [0.3, 0.4) is 0 Å². The van der Waals surface area contributed by atoms with Gasteiger partial charge in [-0.15, -0.1) is 36.2 Å².